The number of rotatable bonds is 6. The lowest BCUT2D eigenvalue weighted by Crippen LogP contribution is -2.44. The van der Waals surface area contributed by atoms with E-state index in [0.29, 0.717) is 12.3 Å². The van der Waals surface area contributed by atoms with Crippen LogP contribution < -0.4 is 5.32 Å². The van der Waals surface area contributed by atoms with Gasteiger partial charge in [-0.3, -0.25) is 4.79 Å². The molecule has 0 bridgehead atoms. The molecule has 3 nitrogen and oxygen atoms in total. The smallest absolute Gasteiger partial charge is 0.230 e. The average molecular weight is 340 g/mol. The number of nitrogens with one attached hydrogen (secondary N) is 1. The minimum atomic E-state index is -0.355. The van der Waals surface area contributed by atoms with Crippen molar-refractivity contribution in [3.05, 3.63) is 34.3 Å². The van der Waals surface area contributed by atoms with Crippen LogP contribution in [0.4, 0.5) is 0 Å². The van der Waals surface area contributed by atoms with E-state index in [-0.39, 0.29) is 24.0 Å². The Bertz CT molecular complexity index is 483. The molecule has 1 unspecified atom stereocenters. The molecule has 0 aromatic heterocycles. The lowest BCUT2D eigenvalue weighted by molar-refractivity contribution is -0.124. The number of carbonyl (C=O) groups excluding carboxylic acids is 1. The molecule has 1 aliphatic rings. The first-order valence-corrected chi connectivity index (χ1v) is 7.97. The van der Waals surface area contributed by atoms with Crippen molar-refractivity contribution in [2.24, 2.45) is 5.92 Å². The molecule has 0 radical (unpaired) electrons. The van der Waals surface area contributed by atoms with Crippen LogP contribution in [0.1, 0.15) is 38.7 Å². The van der Waals surface area contributed by atoms with E-state index in [1.165, 1.54) is 0 Å². The van der Waals surface area contributed by atoms with Crippen LogP contribution in [-0.4, -0.2) is 23.7 Å². The van der Waals surface area contributed by atoms with Crippen LogP contribution >= 0.6 is 15.9 Å². The molecule has 20 heavy (non-hydrogen) atoms. The summed E-state index contributed by atoms with van der Waals surface area (Å²) in [6.07, 6.45) is 2.41. The molecule has 2 N–H and O–H groups in total. The van der Waals surface area contributed by atoms with Crippen molar-refractivity contribution in [1.29, 1.82) is 0 Å². The standard InChI is InChI=1S/C16H22BrNO2/c1-11(2)14(6-9-19)18-15(20)16(7-8-16)12-4-3-5-13(17)10-12/h3-5,10-11,14,19H,6-9H2,1-2H3,(H,18,20). The highest BCUT2D eigenvalue weighted by Gasteiger charge is 2.51. The molecule has 1 aromatic rings. The molecule has 1 fully saturated rings. The Morgan fingerprint density at radius 1 is 1.45 bits per heavy atom. The van der Waals surface area contributed by atoms with Crippen molar-refractivity contribution in [2.45, 2.75) is 44.6 Å². The van der Waals surface area contributed by atoms with Crippen LogP contribution in [0.25, 0.3) is 0 Å². The lowest BCUT2D eigenvalue weighted by atomic mass is 9.93. The number of aliphatic hydroxyl groups is 1. The van der Waals surface area contributed by atoms with Gasteiger partial charge >= 0.3 is 0 Å². The molecule has 0 aliphatic heterocycles. The van der Waals surface area contributed by atoms with Gasteiger partial charge in [0, 0.05) is 17.1 Å². The molecule has 1 aromatic carbocycles. The molecule has 1 aliphatic carbocycles. The van der Waals surface area contributed by atoms with Gasteiger partial charge in [0.05, 0.1) is 5.41 Å². The predicted molar refractivity (Wildman–Crippen MR) is 83.5 cm³/mol. The maximum atomic E-state index is 12.6. The van der Waals surface area contributed by atoms with Crippen LogP contribution in [0.2, 0.25) is 0 Å². The van der Waals surface area contributed by atoms with Gasteiger partial charge in [0.15, 0.2) is 0 Å². The quantitative estimate of drug-likeness (QED) is 0.836. The second-order valence-electron chi connectivity index (χ2n) is 5.93. The molecule has 0 heterocycles. The van der Waals surface area contributed by atoms with E-state index >= 15 is 0 Å². The number of halogens is 1. The highest BCUT2D eigenvalue weighted by Crippen LogP contribution is 2.49. The number of hydrogen-bond acceptors (Lipinski definition) is 2. The van der Waals surface area contributed by atoms with Crippen LogP contribution in [0, 0.1) is 5.92 Å². The van der Waals surface area contributed by atoms with Crippen molar-refractivity contribution in [2.75, 3.05) is 6.61 Å². The molecule has 1 saturated carbocycles. The summed E-state index contributed by atoms with van der Waals surface area (Å²) in [5.74, 6) is 0.423. The monoisotopic (exact) mass is 339 g/mol. The molecule has 1 atom stereocenters. The third-order valence-corrected chi connectivity index (χ3v) is 4.62. The van der Waals surface area contributed by atoms with Crippen LogP contribution in [0.3, 0.4) is 0 Å². The summed E-state index contributed by atoms with van der Waals surface area (Å²) in [7, 11) is 0. The van der Waals surface area contributed by atoms with E-state index in [1.54, 1.807) is 0 Å². The minimum Gasteiger partial charge on any atom is -0.396 e. The highest BCUT2D eigenvalue weighted by molar-refractivity contribution is 9.10. The van der Waals surface area contributed by atoms with Crippen molar-refractivity contribution < 1.29 is 9.90 Å². The zero-order valence-corrected chi connectivity index (χ0v) is 13.6. The second-order valence-corrected chi connectivity index (χ2v) is 6.84. The van der Waals surface area contributed by atoms with Gasteiger partial charge in [-0.1, -0.05) is 41.9 Å². The van der Waals surface area contributed by atoms with E-state index in [9.17, 15) is 4.79 Å². The minimum absolute atomic E-state index is 0.0390. The molecule has 110 valence electrons. The summed E-state index contributed by atoms with van der Waals surface area (Å²) in [6.45, 7) is 4.24. The maximum absolute atomic E-state index is 12.6. The summed E-state index contributed by atoms with van der Waals surface area (Å²) in [6, 6.07) is 8.04. The summed E-state index contributed by atoms with van der Waals surface area (Å²) in [4.78, 5) is 12.6. The van der Waals surface area contributed by atoms with Crippen LogP contribution in [0.15, 0.2) is 28.7 Å². The largest absolute Gasteiger partial charge is 0.396 e. The fraction of sp³-hybridized carbons (Fsp3) is 0.562. The Morgan fingerprint density at radius 2 is 2.15 bits per heavy atom. The van der Waals surface area contributed by atoms with Gasteiger partial charge in [0.2, 0.25) is 5.91 Å². The van der Waals surface area contributed by atoms with Gasteiger partial charge in [-0.2, -0.15) is 0 Å². The van der Waals surface area contributed by atoms with Gasteiger partial charge in [-0.05, 0) is 42.9 Å². The third kappa shape index (κ3) is 3.23. The molecular formula is C16H22BrNO2. The van der Waals surface area contributed by atoms with E-state index in [4.69, 9.17) is 5.11 Å². The van der Waals surface area contributed by atoms with Crippen molar-refractivity contribution in [1.82, 2.24) is 5.32 Å². The zero-order valence-electron chi connectivity index (χ0n) is 12.0. The Morgan fingerprint density at radius 3 is 2.65 bits per heavy atom. The average Bonchev–Trinajstić information content (AvgIpc) is 3.19. The van der Waals surface area contributed by atoms with Crippen LogP contribution in [0.5, 0.6) is 0 Å². The first-order chi connectivity index (χ1) is 9.49. The summed E-state index contributed by atoms with van der Waals surface area (Å²) in [5, 5.41) is 12.2. The van der Waals surface area contributed by atoms with E-state index in [2.05, 4.69) is 35.1 Å². The second kappa shape index (κ2) is 6.27. The number of amides is 1. The molecule has 4 heteroatoms. The van der Waals surface area contributed by atoms with Gasteiger partial charge in [0.1, 0.15) is 0 Å². The maximum Gasteiger partial charge on any atom is 0.230 e. The van der Waals surface area contributed by atoms with E-state index < -0.39 is 0 Å². The first kappa shape index (κ1) is 15.5. The molecule has 0 saturated heterocycles. The summed E-state index contributed by atoms with van der Waals surface area (Å²) >= 11 is 3.47. The SMILES string of the molecule is CC(C)C(CCO)NC(=O)C1(c2cccc(Br)c2)CC1. The number of carbonyl (C=O) groups is 1. The van der Waals surface area contributed by atoms with Gasteiger partial charge in [-0.15, -0.1) is 0 Å². The fourth-order valence-electron chi connectivity index (χ4n) is 2.58. The van der Waals surface area contributed by atoms with Crippen molar-refractivity contribution in [3.8, 4) is 0 Å². The van der Waals surface area contributed by atoms with Gasteiger partial charge < -0.3 is 10.4 Å². The molecule has 0 spiro atoms. The van der Waals surface area contributed by atoms with Crippen LogP contribution in [-0.2, 0) is 10.2 Å². The summed E-state index contributed by atoms with van der Waals surface area (Å²) < 4.78 is 1.00. The number of aliphatic hydroxyl groups excluding tert-OH is 1. The zero-order chi connectivity index (χ0) is 14.8. The Kier molecular flexibility index (Phi) is 4.86. The molecular weight excluding hydrogens is 318 g/mol. The van der Waals surface area contributed by atoms with E-state index in [1.807, 2.05) is 24.3 Å². The topological polar surface area (TPSA) is 49.3 Å². The van der Waals surface area contributed by atoms with E-state index in [0.717, 1.165) is 22.9 Å². The number of hydrogen-bond donors (Lipinski definition) is 2. The summed E-state index contributed by atoms with van der Waals surface area (Å²) in [5.41, 5.74) is 0.725. The van der Waals surface area contributed by atoms with Gasteiger partial charge in [-0.25, -0.2) is 0 Å². The molecule has 1 amide bonds. The third-order valence-electron chi connectivity index (χ3n) is 4.12. The van der Waals surface area contributed by atoms with Crippen molar-refractivity contribution >= 4 is 21.8 Å². The Balaban J connectivity index is 2.12. The Hall–Kier alpha value is -0.870. The molecule has 2 rings (SSSR count). The Labute approximate surface area is 128 Å². The highest BCUT2D eigenvalue weighted by atomic mass is 79.9. The first-order valence-electron chi connectivity index (χ1n) is 7.17. The normalized spacial score (nSPS) is 17.9. The van der Waals surface area contributed by atoms with Crippen molar-refractivity contribution in [3.63, 3.8) is 0 Å². The van der Waals surface area contributed by atoms with Gasteiger partial charge in [0.25, 0.3) is 0 Å². The predicted octanol–water partition coefficient (Wildman–Crippen LogP) is 3.00. The number of benzene rings is 1. The fourth-order valence-corrected chi connectivity index (χ4v) is 2.98. The lowest BCUT2D eigenvalue weighted by Gasteiger charge is -2.25.